The van der Waals surface area contributed by atoms with Crippen molar-refractivity contribution in [3.63, 3.8) is 0 Å². The van der Waals surface area contributed by atoms with Gasteiger partial charge in [-0.1, -0.05) is 30.3 Å². The van der Waals surface area contributed by atoms with Gasteiger partial charge < -0.3 is 19.5 Å². The molecule has 2 amide bonds. The zero-order valence-electron chi connectivity index (χ0n) is 18.3. The third-order valence-corrected chi connectivity index (χ3v) is 6.66. The lowest BCUT2D eigenvalue weighted by atomic mass is 10.1. The summed E-state index contributed by atoms with van der Waals surface area (Å²) in [5.74, 6) is 0.396. The first kappa shape index (κ1) is 20.7. The maximum atomic E-state index is 13.7. The number of likely N-dealkylation sites (tertiary alicyclic amines) is 1. The quantitative estimate of drug-likeness (QED) is 0.620. The van der Waals surface area contributed by atoms with Crippen LogP contribution in [0.2, 0.25) is 0 Å². The molecule has 2 aliphatic rings. The number of aromatic nitrogens is 2. The van der Waals surface area contributed by atoms with E-state index in [1.54, 1.807) is 12.4 Å². The fourth-order valence-corrected chi connectivity index (χ4v) is 5.16. The number of amides is 2. The summed E-state index contributed by atoms with van der Waals surface area (Å²) in [6.07, 6.45) is 6.04. The Bertz CT molecular complexity index is 1140. The Hall–Kier alpha value is -3.19. The number of hydrogen-bond acceptors (Lipinski definition) is 4. The van der Waals surface area contributed by atoms with Crippen LogP contribution in [0.5, 0.6) is 0 Å². The zero-order chi connectivity index (χ0) is 22.1. The van der Waals surface area contributed by atoms with Crippen molar-refractivity contribution in [3.05, 3.63) is 59.9 Å². The van der Waals surface area contributed by atoms with Crippen LogP contribution in [0, 0.1) is 5.92 Å². The molecule has 32 heavy (non-hydrogen) atoms. The van der Waals surface area contributed by atoms with Crippen LogP contribution in [0.4, 0.5) is 5.69 Å². The number of piperidine rings is 1. The molecular formula is C25H28N4O3. The molecule has 0 unspecified atom stereocenters. The summed E-state index contributed by atoms with van der Waals surface area (Å²) in [5, 5.41) is 2.84. The predicted octanol–water partition coefficient (Wildman–Crippen LogP) is 3.49. The monoisotopic (exact) mass is 432 g/mol. The Morgan fingerprint density at radius 2 is 2.03 bits per heavy atom. The van der Waals surface area contributed by atoms with Crippen molar-refractivity contribution in [1.29, 1.82) is 0 Å². The molecule has 2 fully saturated rings. The van der Waals surface area contributed by atoms with Crippen LogP contribution in [0.25, 0.3) is 11.0 Å². The van der Waals surface area contributed by atoms with Crippen LogP contribution in [0.1, 0.15) is 35.2 Å². The summed E-state index contributed by atoms with van der Waals surface area (Å²) in [7, 11) is 1.48. The second-order valence-corrected chi connectivity index (χ2v) is 8.84. The van der Waals surface area contributed by atoms with Crippen LogP contribution in [0.15, 0.2) is 48.8 Å². The van der Waals surface area contributed by atoms with Gasteiger partial charge in [-0.15, -0.1) is 0 Å². The molecular weight excluding hydrogens is 404 g/mol. The Kier molecular flexibility index (Phi) is 5.66. The van der Waals surface area contributed by atoms with E-state index in [1.807, 2.05) is 29.2 Å². The Morgan fingerprint density at radius 3 is 2.75 bits per heavy atom. The van der Waals surface area contributed by atoms with Crippen molar-refractivity contribution >= 4 is 28.5 Å². The predicted molar refractivity (Wildman–Crippen MR) is 123 cm³/mol. The molecule has 5 rings (SSSR count). The first-order valence-corrected chi connectivity index (χ1v) is 11.2. The molecule has 0 radical (unpaired) electrons. The molecule has 1 saturated heterocycles. The maximum absolute atomic E-state index is 13.7. The molecule has 1 aliphatic carbocycles. The van der Waals surface area contributed by atoms with Crippen molar-refractivity contribution in [2.45, 2.75) is 38.3 Å². The molecule has 2 aromatic carbocycles. The van der Waals surface area contributed by atoms with E-state index in [0.717, 1.165) is 37.9 Å². The third kappa shape index (κ3) is 4.00. The van der Waals surface area contributed by atoms with Crippen LogP contribution in [-0.2, 0) is 22.5 Å². The van der Waals surface area contributed by atoms with Gasteiger partial charge in [0, 0.05) is 31.9 Å². The van der Waals surface area contributed by atoms with E-state index in [9.17, 15) is 9.59 Å². The number of ether oxygens (including phenoxy) is 1. The normalized spacial score (nSPS) is 19.6. The topological polar surface area (TPSA) is 76.5 Å². The summed E-state index contributed by atoms with van der Waals surface area (Å²) in [6, 6.07) is 14.2. The van der Waals surface area contributed by atoms with Crippen molar-refractivity contribution in [3.8, 4) is 0 Å². The smallest absolute Gasteiger partial charge is 0.256 e. The fourth-order valence-electron chi connectivity index (χ4n) is 5.16. The Labute approximate surface area is 187 Å². The number of carbonyl (C=O) groups excluding carboxylic acids is 2. The van der Waals surface area contributed by atoms with Gasteiger partial charge in [0.25, 0.3) is 5.91 Å². The second-order valence-electron chi connectivity index (χ2n) is 8.84. The minimum atomic E-state index is -0.256. The lowest BCUT2D eigenvalue weighted by Gasteiger charge is -2.27. The van der Waals surface area contributed by atoms with Gasteiger partial charge in [0.1, 0.15) is 6.61 Å². The van der Waals surface area contributed by atoms with Gasteiger partial charge in [0.2, 0.25) is 5.91 Å². The van der Waals surface area contributed by atoms with E-state index in [0.29, 0.717) is 28.7 Å². The molecule has 1 aliphatic heterocycles. The largest absolute Gasteiger partial charge is 0.375 e. The minimum absolute atomic E-state index is 0.0338. The number of anilines is 1. The number of rotatable bonds is 7. The van der Waals surface area contributed by atoms with Crippen molar-refractivity contribution < 1.29 is 14.3 Å². The average Bonchev–Trinajstić information content (AvgIpc) is 3.53. The van der Waals surface area contributed by atoms with Gasteiger partial charge in [-0.25, -0.2) is 4.98 Å². The molecule has 166 valence electrons. The average molecular weight is 433 g/mol. The number of methoxy groups -OCH3 is 1. The number of aryl methyl sites for hydroxylation is 2. The molecule has 2 bridgehead atoms. The van der Waals surface area contributed by atoms with E-state index < -0.39 is 0 Å². The van der Waals surface area contributed by atoms with E-state index in [-0.39, 0.29) is 18.4 Å². The maximum Gasteiger partial charge on any atom is 0.256 e. The molecule has 1 N–H and O–H groups in total. The minimum Gasteiger partial charge on any atom is -0.375 e. The number of benzene rings is 2. The molecule has 3 aromatic rings. The summed E-state index contributed by atoms with van der Waals surface area (Å²) < 4.78 is 6.99. The Balaban J connectivity index is 1.50. The SMILES string of the molecule is COCC(=O)Nc1cc(C(=O)N2C[C@H]3CC[C@@H]2C3)c2c(c1)ncn2CCc1ccccc1. The van der Waals surface area contributed by atoms with Gasteiger partial charge in [-0.05, 0) is 49.3 Å². The van der Waals surface area contributed by atoms with E-state index in [4.69, 9.17) is 4.74 Å². The third-order valence-electron chi connectivity index (χ3n) is 6.66. The van der Waals surface area contributed by atoms with Crippen LogP contribution in [-0.4, -0.2) is 52.6 Å². The Morgan fingerprint density at radius 1 is 1.19 bits per heavy atom. The second kappa shape index (κ2) is 8.74. The number of nitrogens with one attached hydrogen (secondary N) is 1. The molecule has 1 aromatic heterocycles. The van der Waals surface area contributed by atoms with Crippen molar-refractivity contribution in [1.82, 2.24) is 14.5 Å². The summed E-state index contributed by atoms with van der Waals surface area (Å²) in [5.41, 5.74) is 3.95. The van der Waals surface area contributed by atoms with E-state index in [1.165, 1.54) is 19.1 Å². The number of fused-ring (bicyclic) bond motifs is 3. The van der Waals surface area contributed by atoms with Crippen LogP contribution in [0.3, 0.4) is 0 Å². The molecule has 2 heterocycles. The fraction of sp³-hybridized carbons (Fsp3) is 0.400. The van der Waals surface area contributed by atoms with Gasteiger partial charge >= 0.3 is 0 Å². The lowest BCUT2D eigenvalue weighted by Crippen LogP contribution is -2.38. The molecule has 0 spiro atoms. The first-order chi connectivity index (χ1) is 15.6. The number of nitrogens with zero attached hydrogens (tertiary/aromatic N) is 3. The molecule has 1 saturated carbocycles. The van der Waals surface area contributed by atoms with Crippen molar-refractivity contribution in [2.75, 3.05) is 25.6 Å². The van der Waals surface area contributed by atoms with Gasteiger partial charge in [-0.2, -0.15) is 0 Å². The first-order valence-electron chi connectivity index (χ1n) is 11.2. The summed E-state index contributed by atoms with van der Waals surface area (Å²) >= 11 is 0. The van der Waals surface area contributed by atoms with Crippen LogP contribution >= 0.6 is 0 Å². The van der Waals surface area contributed by atoms with E-state index in [2.05, 4.69) is 27.0 Å². The lowest BCUT2D eigenvalue weighted by molar-refractivity contribution is -0.119. The number of imidazole rings is 1. The highest BCUT2D eigenvalue weighted by atomic mass is 16.5. The van der Waals surface area contributed by atoms with Gasteiger partial charge in [-0.3, -0.25) is 9.59 Å². The highest BCUT2D eigenvalue weighted by Gasteiger charge is 2.41. The summed E-state index contributed by atoms with van der Waals surface area (Å²) in [6.45, 7) is 1.51. The van der Waals surface area contributed by atoms with Gasteiger partial charge in [0.05, 0.1) is 22.9 Å². The standard InChI is InChI=1S/C25H28N4O3/c1-32-15-23(30)27-19-12-21(25(31)29-14-18-7-8-20(29)11-18)24-22(13-19)26-16-28(24)10-9-17-5-3-2-4-6-17/h2-6,12-13,16,18,20H,7-11,14-15H2,1H3,(H,27,30)/t18-,20+/m0/s1. The zero-order valence-corrected chi connectivity index (χ0v) is 18.3. The molecule has 7 heteroatoms. The van der Waals surface area contributed by atoms with Gasteiger partial charge in [0.15, 0.2) is 0 Å². The summed E-state index contributed by atoms with van der Waals surface area (Å²) in [4.78, 5) is 32.4. The highest BCUT2D eigenvalue weighted by molar-refractivity contribution is 6.08. The number of hydrogen-bond donors (Lipinski definition) is 1. The number of carbonyl (C=O) groups is 2. The highest BCUT2D eigenvalue weighted by Crippen LogP contribution is 2.39. The van der Waals surface area contributed by atoms with E-state index >= 15 is 0 Å². The van der Waals surface area contributed by atoms with Crippen molar-refractivity contribution in [2.24, 2.45) is 5.92 Å². The molecule has 2 atom stereocenters. The van der Waals surface area contributed by atoms with Crippen LogP contribution < -0.4 is 5.32 Å². The molecule has 7 nitrogen and oxygen atoms in total.